The Balaban J connectivity index is 0.00000576. The number of aliphatic hydroxyl groups excluding tert-OH is 1. The number of nitrogens with one attached hydrogen (secondary N) is 2. The summed E-state index contributed by atoms with van der Waals surface area (Å²) in [4.78, 5) is 23.5. The number of hydrogen-bond donors (Lipinski definition) is 3. The number of rotatable bonds is 10. The van der Waals surface area contributed by atoms with Gasteiger partial charge in [0.2, 0.25) is 5.91 Å². The summed E-state index contributed by atoms with van der Waals surface area (Å²) in [5.41, 5.74) is 0.946. The summed E-state index contributed by atoms with van der Waals surface area (Å²) in [6, 6.07) is 5.21. The lowest BCUT2D eigenvalue weighted by Crippen LogP contribution is -2.35. The molecule has 1 amide bonds. The molecule has 0 radical (unpaired) electrons. The van der Waals surface area contributed by atoms with Gasteiger partial charge in [0, 0.05) is 24.7 Å². The second-order valence-electron chi connectivity index (χ2n) is 6.09. The average molecular weight is 373 g/mol. The number of Topliss-reactive ketones (excluding diaryl/α,β-unsaturated/α-hetero) is 1. The van der Waals surface area contributed by atoms with Crippen molar-refractivity contribution < 1.29 is 19.4 Å². The van der Waals surface area contributed by atoms with Crippen LogP contribution in [0.1, 0.15) is 50.9 Å². The summed E-state index contributed by atoms with van der Waals surface area (Å²) in [5.74, 6) is 0.154. The van der Waals surface area contributed by atoms with Gasteiger partial charge in [-0.25, -0.2) is 0 Å². The van der Waals surface area contributed by atoms with Crippen molar-refractivity contribution in [2.24, 2.45) is 0 Å². The first-order chi connectivity index (χ1) is 11.3. The first-order valence-electron chi connectivity index (χ1n) is 8.32. The van der Waals surface area contributed by atoms with E-state index < -0.39 is 6.10 Å². The summed E-state index contributed by atoms with van der Waals surface area (Å²) >= 11 is 0. The molecular formula is C18H29ClN2O4. The molecule has 7 heteroatoms. The number of carbonyl (C=O) groups excluding carboxylic acids is 2. The van der Waals surface area contributed by atoms with Crippen LogP contribution < -0.4 is 15.4 Å². The lowest BCUT2D eigenvalue weighted by Gasteiger charge is -2.17. The van der Waals surface area contributed by atoms with Gasteiger partial charge in [-0.05, 0) is 31.5 Å². The highest BCUT2D eigenvalue weighted by molar-refractivity contribution is 5.99. The molecule has 0 unspecified atom stereocenters. The van der Waals surface area contributed by atoms with Crippen LogP contribution >= 0.6 is 12.4 Å². The van der Waals surface area contributed by atoms with Gasteiger partial charge in [0.05, 0.1) is 5.56 Å². The zero-order valence-electron chi connectivity index (χ0n) is 15.3. The minimum Gasteiger partial charge on any atom is -0.490 e. The third kappa shape index (κ3) is 8.86. The van der Waals surface area contributed by atoms with E-state index in [9.17, 15) is 14.7 Å². The van der Waals surface area contributed by atoms with E-state index in [-0.39, 0.29) is 36.7 Å². The van der Waals surface area contributed by atoms with E-state index in [0.29, 0.717) is 30.0 Å². The van der Waals surface area contributed by atoms with Gasteiger partial charge in [0.15, 0.2) is 5.78 Å². The highest BCUT2D eigenvalue weighted by Gasteiger charge is 2.13. The maximum atomic E-state index is 11.8. The Morgan fingerprint density at radius 2 is 1.96 bits per heavy atom. The molecule has 1 rings (SSSR count). The molecule has 25 heavy (non-hydrogen) atoms. The lowest BCUT2D eigenvalue weighted by atomic mass is 10.1. The average Bonchev–Trinajstić information content (AvgIpc) is 2.51. The number of benzene rings is 1. The van der Waals surface area contributed by atoms with Crippen molar-refractivity contribution in [3.63, 3.8) is 0 Å². The summed E-state index contributed by atoms with van der Waals surface area (Å²) in [6.45, 7) is 7.85. The maximum Gasteiger partial charge on any atom is 0.224 e. The molecule has 0 saturated heterocycles. The number of amides is 1. The van der Waals surface area contributed by atoms with Crippen LogP contribution in [-0.4, -0.2) is 42.1 Å². The molecule has 0 spiro atoms. The van der Waals surface area contributed by atoms with Crippen molar-refractivity contribution in [3.8, 4) is 5.75 Å². The van der Waals surface area contributed by atoms with E-state index in [2.05, 4.69) is 10.6 Å². The minimum absolute atomic E-state index is 0. The van der Waals surface area contributed by atoms with Crippen LogP contribution in [0.15, 0.2) is 18.2 Å². The van der Waals surface area contributed by atoms with Gasteiger partial charge in [-0.15, -0.1) is 12.4 Å². The molecule has 0 bridgehead atoms. The molecule has 142 valence electrons. The van der Waals surface area contributed by atoms with E-state index in [1.54, 1.807) is 18.2 Å². The van der Waals surface area contributed by atoms with E-state index in [1.165, 1.54) is 6.92 Å². The Hall–Kier alpha value is -1.63. The first kappa shape index (κ1) is 23.4. The topological polar surface area (TPSA) is 87.7 Å². The molecule has 0 aromatic heterocycles. The molecule has 0 saturated carbocycles. The molecule has 6 nitrogen and oxygen atoms in total. The molecule has 3 N–H and O–H groups in total. The van der Waals surface area contributed by atoms with Crippen molar-refractivity contribution in [3.05, 3.63) is 23.8 Å². The predicted octanol–water partition coefficient (Wildman–Crippen LogP) is 2.79. The Morgan fingerprint density at radius 3 is 2.52 bits per heavy atom. The number of anilines is 1. The second-order valence-corrected chi connectivity index (χ2v) is 6.09. The molecule has 0 fully saturated rings. The third-order valence-corrected chi connectivity index (χ3v) is 3.31. The molecule has 0 aliphatic heterocycles. The summed E-state index contributed by atoms with van der Waals surface area (Å²) in [7, 11) is 0. The number of ether oxygens (including phenoxy) is 1. The maximum absolute atomic E-state index is 11.8. The molecule has 1 aromatic rings. The summed E-state index contributed by atoms with van der Waals surface area (Å²) in [6.07, 6.45) is 0.522. The SMILES string of the molecule is CCCC(=O)Nc1ccc(OC[C@@H](O)CNC(C)C)c(C(C)=O)c1.Cl. The van der Waals surface area contributed by atoms with E-state index in [1.807, 2.05) is 20.8 Å². The normalized spacial score (nSPS) is 11.6. The molecule has 0 aliphatic rings. The van der Waals surface area contributed by atoms with Crippen molar-refractivity contribution in [2.75, 3.05) is 18.5 Å². The second kappa shape index (κ2) is 11.8. The van der Waals surface area contributed by atoms with Crippen LogP contribution in [0.5, 0.6) is 5.75 Å². The van der Waals surface area contributed by atoms with Gasteiger partial charge in [0.25, 0.3) is 0 Å². The molecule has 0 heterocycles. The highest BCUT2D eigenvalue weighted by Crippen LogP contribution is 2.24. The largest absolute Gasteiger partial charge is 0.490 e. The quantitative estimate of drug-likeness (QED) is 0.550. The van der Waals surface area contributed by atoms with Crippen LogP contribution in [0.2, 0.25) is 0 Å². The third-order valence-electron chi connectivity index (χ3n) is 3.31. The van der Waals surface area contributed by atoms with Gasteiger partial charge in [0.1, 0.15) is 18.5 Å². The van der Waals surface area contributed by atoms with Gasteiger partial charge in [-0.3, -0.25) is 9.59 Å². The Morgan fingerprint density at radius 1 is 1.28 bits per heavy atom. The lowest BCUT2D eigenvalue weighted by molar-refractivity contribution is -0.116. The van der Waals surface area contributed by atoms with Crippen LogP contribution in [0.4, 0.5) is 5.69 Å². The van der Waals surface area contributed by atoms with Crippen molar-refractivity contribution in [1.29, 1.82) is 0 Å². The Bertz CT molecular complexity index is 564. The summed E-state index contributed by atoms with van der Waals surface area (Å²) in [5, 5.41) is 15.8. The van der Waals surface area contributed by atoms with Crippen LogP contribution in [0, 0.1) is 0 Å². The van der Waals surface area contributed by atoms with Gasteiger partial charge >= 0.3 is 0 Å². The van der Waals surface area contributed by atoms with Crippen molar-refractivity contribution >= 4 is 29.8 Å². The Labute approximate surface area is 155 Å². The minimum atomic E-state index is -0.670. The number of hydrogen-bond acceptors (Lipinski definition) is 5. The van der Waals surface area contributed by atoms with Gasteiger partial charge in [-0.1, -0.05) is 20.8 Å². The van der Waals surface area contributed by atoms with E-state index >= 15 is 0 Å². The zero-order chi connectivity index (χ0) is 18.1. The van der Waals surface area contributed by atoms with Crippen LogP contribution in [-0.2, 0) is 4.79 Å². The highest BCUT2D eigenvalue weighted by atomic mass is 35.5. The standard InChI is InChI=1S/C18H28N2O4.ClH/c1-5-6-18(23)20-14-7-8-17(16(9-14)13(4)21)24-11-15(22)10-19-12(2)3;/h7-9,12,15,19,22H,5-6,10-11H2,1-4H3,(H,20,23);1H/t15-;/m0./s1. The van der Waals surface area contributed by atoms with Gasteiger partial charge < -0.3 is 20.5 Å². The fourth-order valence-electron chi connectivity index (χ4n) is 2.08. The van der Waals surface area contributed by atoms with Crippen molar-refractivity contribution in [2.45, 2.75) is 52.7 Å². The fraction of sp³-hybridized carbons (Fsp3) is 0.556. The zero-order valence-corrected chi connectivity index (χ0v) is 16.1. The molecule has 1 aromatic carbocycles. The van der Waals surface area contributed by atoms with Crippen LogP contribution in [0.3, 0.4) is 0 Å². The number of aliphatic hydroxyl groups is 1. The van der Waals surface area contributed by atoms with Gasteiger partial charge in [-0.2, -0.15) is 0 Å². The first-order valence-corrected chi connectivity index (χ1v) is 8.32. The number of halogens is 1. The van der Waals surface area contributed by atoms with Crippen molar-refractivity contribution in [1.82, 2.24) is 5.32 Å². The predicted molar refractivity (Wildman–Crippen MR) is 102 cm³/mol. The monoisotopic (exact) mass is 372 g/mol. The van der Waals surface area contributed by atoms with Crippen LogP contribution in [0.25, 0.3) is 0 Å². The van der Waals surface area contributed by atoms with E-state index in [4.69, 9.17) is 4.74 Å². The summed E-state index contributed by atoms with van der Waals surface area (Å²) < 4.78 is 5.58. The smallest absolute Gasteiger partial charge is 0.224 e. The molecule has 1 atom stereocenters. The molecular weight excluding hydrogens is 344 g/mol. The van der Waals surface area contributed by atoms with E-state index in [0.717, 1.165) is 6.42 Å². The number of carbonyl (C=O) groups is 2. The number of ketones is 1. The Kier molecular flexibility index (Phi) is 11.1. The molecule has 0 aliphatic carbocycles. The fourth-order valence-corrected chi connectivity index (χ4v) is 2.08.